The molecule has 0 aliphatic rings. The van der Waals surface area contributed by atoms with E-state index in [-0.39, 0.29) is 0 Å². The van der Waals surface area contributed by atoms with Crippen LogP contribution in [0.1, 0.15) is 16.1 Å². The highest BCUT2D eigenvalue weighted by molar-refractivity contribution is 7.17. The van der Waals surface area contributed by atoms with E-state index < -0.39 is 0 Å². The molecule has 0 spiro atoms. The SMILES string of the molecule is Cc1ccc(/C=C(\C#N)c2nc(-c3ccc4ccccc4c3)c(N=Nc3ccccc3)s2)cc1. The molecule has 0 bridgehead atoms. The smallest absolute Gasteiger partial charge is 0.167 e. The number of hydrogen-bond acceptors (Lipinski definition) is 5. The van der Waals surface area contributed by atoms with Crippen LogP contribution in [0.2, 0.25) is 0 Å². The Morgan fingerprint density at radius 1 is 0.853 bits per heavy atom. The summed E-state index contributed by atoms with van der Waals surface area (Å²) in [5.41, 5.74) is 5.05. The summed E-state index contributed by atoms with van der Waals surface area (Å²) < 4.78 is 0. The molecule has 0 unspecified atom stereocenters. The van der Waals surface area contributed by atoms with Gasteiger partial charge in [-0.25, -0.2) is 4.98 Å². The van der Waals surface area contributed by atoms with E-state index in [0.717, 1.165) is 33.3 Å². The molecule has 162 valence electrons. The van der Waals surface area contributed by atoms with Crippen LogP contribution in [0.15, 0.2) is 107 Å². The number of azo groups is 1. The van der Waals surface area contributed by atoms with Crippen molar-refractivity contribution in [2.45, 2.75) is 6.92 Å². The highest BCUT2D eigenvalue weighted by atomic mass is 32.1. The van der Waals surface area contributed by atoms with Gasteiger partial charge >= 0.3 is 0 Å². The van der Waals surface area contributed by atoms with Gasteiger partial charge in [0.2, 0.25) is 0 Å². The maximum Gasteiger partial charge on any atom is 0.167 e. The van der Waals surface area contributed by atoms with Gasteiger partial charge in [0.25, 0.3) is 0 Å². The number of aromatic nitrogens is 1. The fraction of sp³-hybridized carbons (Fsp3) is 0.0345. The van der Waals surface area contributed by atoms with Crippen molar-refractivity contribution >= 4 is 44.4 Å². The van der Waals surface area contributed by atoms with Gasteiger partial charge in [-0.15, -0.1) is 10.2 Å². The molecule has 0 aliphatic carbocycles. The van der Waals surface area contributed by atoms with Crippen LogP contribution in [-0.4, -0.2) is 4.98 Å². The topological polar surface area (TPSA) is 61.4 Å². The van der Waals surface area contributed by atoms with Gasteiger partial charge in [0, 0.05) is 5.56 Å². The first kappa shape index (κ1) is 21.4. The molecular formula is C29H20N4S. The molecule has 4 nitrogen and oxygen atoms in total. The Balaban J connectivity index is 1.62. The third-order valence-corrected chi connectivity index (χ3v) is 6.36. The second-order valence-corrected chi connectivity index (χ2v) is 8.83. The predicted molar refractivity (Wildman–Crippen MR) is 140 cm³/mol. The van der Waals surface area contributed by atoms with Crippen LogP contribution >= 0.6 is 11.3 Å². The lowest BCUT2D eigenvalue weighted by molar-refractivity contribution is 1.24. The molecule has 5 rings (SSSR count). The highest BCUT2D eigenvalue weighted by Gasteiger charge is 2.17. The number of thiazole rings is 1. The van der Waals surface area contributed by atoms with Crippen molar-refractivity contribution in [2.24, 2.45) is 10.2 Å². The highest BCUT2D eigenvalue weighted by Crippen LogP contribution is 2.40. The van der Waals surface area contributed by atoms with Gasteiger partial charge in [0.1, 0.15) is 16.8 Å². The first-order chi connectivity index (χ1) is 16.7. The lowest BCUT2D eigenvalue weighted by atomic mass is 10.1. The van der Waals surface area contributed by atoms with Crippen molar-refractivity contribution in [3.05, 3.63) is 113 Å². The number of aryl methyl sites for hydroxylation is 1. The zero-order valence-electron chi connectivity index (χ0n) is 18.5. The summed E-state index contributed by atoms with van der Waals surface area (Å²) in [5, 5.41) is 22.4. The lowest BCUT2D eigenvalue weighted by Gasteiger charge is -2.02. The zero-order chi connectivity index (χ0) is 23.3. The molecule has 0 amide bonds. The Hall–Kier alpha value is -4.40. The van der Waals surface area contributed by atoms with Gasteiger partial charge in [-0.05, 0) is 47.5 Å². The summed E-state index contributed by atoms with van der Waals surface area (Å²) in [6.07, 6.45) is 1.86. The normalized spacial score (nSPS) is 11.7. The summed E-state index contributed by atoms with van der Waals surface area (Å²) in [4.78, 5) is 4.86. The van der Waals surface area contributed by atoms with Gasteiger partial charge in [-0.2, -0.15) is 5.26 Å². The monoisotopic (exact) mass is 456 g/mol. The second kappa shape index (κ2) is 9.62. The van der Waals surface area contributed by atoms with Crippen molar-refractivity contribution in [2.75, 3.05) is 0 Å². The minimum Gasteiger partial charge on any atom is -0.233 e. The van der Waals surface area contributed by atoms with Crippen LogP contribution in [0.5, 0.6) is 0 Å². The molecule has 5 aromatic rings. The average molecular weight is 457 g/mol. The standard InChI is InChI=1S/C29H20N4S/c1-20-11-13-21(14-12-20)17-25(19-30)28-31-27(24-16-15-22-7-5-6-8-23(22)18-24)29(34-28)33-32-26-9-3-2-4-10-26/h2-18H,1H3/b25-17+,33-32?. The molecule has 0 fully saturated rings. The van der Waals surface area contributed by atoms with Gasteiger partial charge in [-0.3, -0.25) is 0 Å². The van der Waals surface area contributed by atoms with E-state index in [9.17, 15) is 5.26 Å². The Morgan fingerprint density at radius 2 is 1.59 bits per heavy atom. The van der Waals surface area contributed by atoms with Crippen LogP contribution in [0, 0.1) is 18.3 Å². The van der Waals surface area contributed by atoms with Gasteiger partial charge in [0.15, 0.2) is 5.00 Å². The number of fused-ring (bicyclic) bond motifs is 1. The molecule has 0 radical (unpaired) electrons. The van der Waals surface area contributed by atoms with E-state index in [2.05, 4.69) is 40.6 Å². The maximum absolute atomic E-state index is 9.91. The molecule has 0 N–H and O–H groups in total. The van der Waals surface area contributed by atoms with Crippen molar-refractivity contribution in [3.8, 4) is 17.3 Å². The Morgan fingerprint density at radius 3 is 2.35 bits per heavy atom. The van der Waals surface area contributed by atoms with Crippen LogP contribution < -0.4 is 0 Å². The summed E-state index contributed by atoms with van der Waals surface area (Å²) in [6.45, 7) is 2.04. The molecule has 1 aromatic heterocycles. The van der Waals surface area contributed by atoms with Gasteiger partial charge in [0.05, 0.1) is 11.3 Å². The predicted octanol–water partition coefficient (Wildman–Crippen LogP) is 8.75. The number of rotatable bonds is 5. The number of hydrogen-bond donors (Lipinski definition) is 0. The summed E-state index contributed by atoms with van der Waals surface area (Å²) in [5.74, 6) is 0. The van der Waals surface area contributed by atoms with Crippen molar-refractivity contribution < 1.29 is 0 Å². The van der Waals surface area contributed by atoms with Gasteiger partial charge in [-0.1, -0.05) is 95.8 Å². The molecule has 4 aromatic carbocycles. The van der Waals surface area contributed by atoms with Crippen molar-refractivity contribution in [1.82, 2.24) is 4.98 Å². The summed E-state index contributed by atoms with van der Waals surface area (Å²) in [7, 11) is 0. The van der Waals surface area contributed by atoms with Crippen molar-refractivity contribution in [1.29, 1.82) is 5.26 Å². The molecule has 0 saturated heterocycles. The van der Waals surface area contributed by atoms with E-state index in [0.29, 0.717) is 15.6 Å². The van der Waals surface area contributed by atoms with Crippen molar-refractivity contribution in [3.63, 3.8) is 0 Å². The van der Waals surface area contributed by atoms with Gasteiger partial charge < -0.3 is 0 Å². The number of benzene rings is 4. The molecule has 0 saturated carbocycles. The zero-order valence-corrected chi connectivity index (χ0v) is 19.3. The second-order valence-electron chi connectivity index (χ2n) is 7.85. The summed E-state index contributed by atoms with van der Waals surface area (Å²) >= 11 is 1.37. The maximum atomic E-state index is 9.91. The quantitative estimate of drug-likeness (QED) is 0.196. The van der Waals surface area contributed by atoms with Crippen LogP contribution in [0.3, 0.4) is 0 Å². The summed E-state index contributed by atoms with van der Waals surface area (Å²) in [6, 6.07) is 34.4. The third kappa shape index (κ3) is 4.68. The average Bonchev–Trinajstić information content (AvgIpc) is 3.31. The minimum atomic E-state index is 0.497. The van der Waals surface area contributed by atoms with E-state index in [4.69, 9.17) is 4.98 Å². The molecular weight excluding hydrogens is 436 g/mol. The minimum absolute atomic E-state index is 0.497. The first-order valence-electron chi connectivity index (χ1n) is 10.9. The molecule has 34 heavy (non-hydrogen) atoms. The Labute approximate surface area is 202 Å². The fourth-order valence-electron chi connectivity index (χ4n) is 3.59. The first-order valence-corrected chi connectivity index (χ1v) is 11.7. The van der Waals surface area contributed by atoms with Crippen LogP contribution in [0.4, 0.5) is 10.7 Å². The molecule has 5 heteroatoms. The number of nitrogens with zero attached hydrogens (tertiary/aromatic N) is 4. The molecule has 0 aliphatic heterocycles. The van der Waals surface area contributed by atoms with E-state index in [1.165, 1.54) is 16.9 Å². The lowest BCUT2D eigenvalue weighted by Crippen LogP contribution is -1.84. The Bertz CT molecular complexity index is 1560. The number of nitriles is 1. The number of allylic oxidation sites excluding steroid dienone is 1. The van der Waals surface area contributed by atoms with E-state index >= 15 is 0 Å². The van der Waals surface area contributed by atoms with Crippen LogP contribution in [0.25, 0.3) is 33.7 Å². The fourth-order valence-corrected chi connectivity index (χ4v) is 4.47. The van der Waals surface area contributed by atoms with Crippen LogP contribution in [-0.2, 0) is 0 Å². The largest absolute Gasteiger partial charge is 0.233 e. The third-order valence-electron chi connectivity index (χ3n) is 5.38. The molecule has 1 heterocycles. The molecule has 0 atom stereocenters. The Kier molecular flexibility index (Phi) is 6.07. The van der Waals surface area contributed by atoms with E-state index in [1.54, 1.807) is 0 Å². The van der Waals surface area contributed by atoms with E-state index in [1.807, 2.05) is 85.8 Å².